The molecule has 36 heavy (non-hydrogen) atoms. The quantitative estimate of drug-likeness (QED) is 0.284. The average molecular weight is 519 g/mol. The van der Waals surface area contributed by atoms with E-state index in [1.54, 1.807) is 36.4 Å². The van der Waals surface area contributed by atoms with Crippen LogP contribution < -0.4 is 10.6 Å². The molecule has 0 fully saturated rings. The van der Waals surface area contributed by atoms with Crippen LogP contribution in [-0.4, -0.2) is 33.5 Å². The van der Waals surface area contributed by atoms with Gasteiger partial charge in [0.05, 0.1) is 23.5 Å². The second-order valence-electron chi connectivity index (χ2n) is 8.00. The Bertz CT molecular complexity index is 1220. The number of hydrogen-bond acceptors (Lipinski definition) is 4. The number of alkyl halides is 2. The molecule has 0 saturated carbocycles. The van der Waals surface area contributed by atoms with Crippen molar-refractivity contribution in [2.75, 3.05) is 11.8 Å². The number of benzene rings is 2. The number of rotatable bonds is 9. The third-order valence-electron chi connectivity index (χ3n) is 5.55. The van der Waals surface area contributed by atoms with Crippen molar-refractivity contribution in [3.05, 3.63) is 120 Å². The fourth-order valence-corrected chi connectivity index (χ4v) is 4.18. The number of carbonyl (C=O) groups excluding carboxylic acids is 2. The summed E-state index contributed by atoms with van der Waals surface area (Å²) in [7, 11) is 0. The van der Waals surface area contributed by atoms with E-state index >= 15 is 0 Å². The molecule has 0 aliphatic rings. The van der Waals surface area contributed by atoms with Gasteiger partial charge in [0, 0.05) is 11.8 Å². The van der Waals surface area contributed by atoms with E-state index in [4.69, 9.17) is 23.2 Å². The Balaban J connectivity index is 1.51. The molecule has 8 heteroatoms. The van der Waals surface area contributed by atoms with Gasteiger partial charge in [0.15, 0.2) is 0 Å². The zero-order valence-electron chi connectivity index (χ0n) is 19.3. The normalized spacial score (nSPS) is 12.4. The summed E-state index contributed by atoms with van der Waals surface area (Å²) in [6.45, 7) is 0. The molecular formula is C28H24Cl2N4O2. The summed E-state index contributed by atoms with van der Waals surface area (Å²) in [4.78, 5) is 34.8. The molecular weight excluding hydrogens is 495 g/mol. The number of nitrogens with zero attached hydrogens (tertiary/aromatic N) is 2. The Hall–Kier alpha value is -3.74. The van der Waals surface area contributed by atoms with Gasteiger partial charge >= 0.3 is 0 Å². The highest BCUT2D eigenvalue weighted by molar-refractivity contribution is 6.18. The van der Waals surface area contributed by atoms with Gasteiger partial charge in [-0.1, -0.05) is 72.8 Å². The number of pyridine rings is 2. The van der Waals surface area contributed by atoms with Crippen molar-refractivity contribution in [2.45, 2.75) is 12.1 Å². The molecule has 2 amide bonds. The molecule has 0 bridgehead atoms. The summed E-state index contributed by atoms with van der Waals surface area (Å²) in [5, 5.41) is 5.84. The van der Waals surface area contributed by atoms with Gasteiger partial charge in [0.25, 0.3) is 11.8 Å². The standard InChI is InChI=1S/C28H24Cl2N4O2/c29-17-25(19-9-3-1-4-10-19)33-27(35)23-15-7-13-21(31-23)22-14-8-16-24(32-22)28(36)34-26(18-30)20-11-5-2-6-12-20/h1-16,25-26H,17-18H2,(H,33,35)(H,34,36)/t25-,26-/m1/s1. The minimum Gasteiger partial charge on any atom is -0.343 e. The van der Waals surface area contributed by atoms with Crippen LogP contribution in [0.3, 0.4) is 0 Å². The summed E-state index contributed by atoms with van der Waals surface area (Å²) < 4.78 is 0. The van der Waals surface area contributed by atoms with E-state index in [2.05, 4.69) is 20.6 Å². The van der Waals surface area contributed by atoms with Crippen LogP contribution in [0.2, 0.25) is 0 Å². The molecule has 182 valence electrons. The molecule has 0 aliphatic heterocycles. The maximum Gasteiger partial charge on any atom is 0.270 e. The van der Waals surface area contributed by atoms with Gasteiger partial charge in [0.2, 0.25) is 0 Å². The molecule has 0 unspecified atom stereocenters. The van der Waals surface area contributed by atoms with Gasteiger partial charge < -0.3 is 10.6 Å². The maximum atomic E-state index is 12.9. The highest BCUT2D eigenvalue weighted by atomic mass is 35.5. The summed E-state index contributed by atoms with van der Waals surface area (Å²) in [5.41, 5.74) is 3.20. The average Bonchev–Trinajstić information content (AvgIpc) is 2.95. The fourth-order valence-electron chi connectivity index (χ4n) is 3.66. The minimum atomic E-state index is -0.354. The van der Waals surface area contributed by atoms with Crippen LogP contribution in [0.25, 0.3) is 11.4 Å². The first-order chi connectivity index (χ1) is 17.6. The summed E-state index contributed by atoms with van der Waals surface area (Å²) in [5.74, 6) is -0.262. The first-order valence-corrected chi connectivity index (χ1v) is 12.4. The Labute approximate surface area is 219 Å². The number of hydrogen-bond donors (Lipinski definition) is 2. The lowest BCUT2D eigenvalue weighted by Gasteiger charge is -2.17. The van der Waals surface area contributed by atoms with Gasteiger partial charge in [-0.05, 0) is 35.4 Å². The fraction of sp³-hybridized carbons (Fsp3) is 0.143. The Kier molecular flexibility index (Phi) is 8.66. The molecule has 2 heterocycles. The first-order valence-electron chi connectivity index (χ1n) is 11.4. The third-order valence-corrected chi connectivity index (χ3v) is 6.17. The highest BCUT2D eigenvalue weighted by Crippen LogP contribution is 2.19. The predicted octanol–water partition coefficient (Wildman–Crippen LogP) is 5.56. The molecule has 2 atom stereocenters. The molecule has 0 spiro atoms. The first kappa shape index (κ1) is 25.4. The number of halogens is 2. The van der Waals surface area contributed by atoms with Gasteiger partial charge in [-0.15, -0.1) is 23.2 Å². The minimum absolute atomic E-state index is 0.223. The zero-order chi connectivity index (χ0) is 25.3. The van der Waals surface area contributed by atoms with Gasteiger partial charge in [-0.25, -0.2) is 9.97 Å². The lowest BCUT2D eigenvalue weighted by Crippen LogP contribution is -2.30. The van der Waals surface area contributed by atoms with Crippen LogP contribution >= 0.6 is 23.2 Å². The SMILES string of the molecule is O=C(N[C@H](CCl)c1ccccc1)c1cccc(-c2cccc(C(=O)N[C@H](CCl)c3ccccc3)n2)n1. The van der Waals surface area contributed by atoms with E-state index in [1.807, 2.05) is 60.7 Å². The van der Waals surface area contributed by atoms with E-state index in [0.717, 1.165) is 11.1 Å². The van der Waals surface area contributed by atoms with Gasteiger partial charge in [-0.2, -0.15) is 0 Å². The number of carbonyl (C=O) groups is 2. The van der Waals surface area contributed by atoms with Crippen LogP contribution in [0.4, 0.5) is 0 Å². The molecule has 4 rings (SSSR count). The van der Waals surface area contributed by atoms with E-state index in [0.29, 0.717) is 11.4 Å². The second-order valence-corrected chi connectivity index (χ2v) is 8.62. The van der Waals surface area contributed by atoms with Crippen molar-refractivity contribution < 1.29 is 9.59 Å². The van der Waals surface area contributed by atoms with Crippen molar-refractivity contribution in [1.29, 1.82) is 0 Å². The number of amides is 2. The van der Waals surface area contributed by atoms with Crippen LogP contribution in [0.1, 0.15) is 44.2 Å². The van der Waals surface area contributed by atoms with Crippen LogP contribution in [0.5, 0.6) is 0 Å². The lowest BCUT2D eigenvalue weighted by molar-refractivity contribution is 0.0927. The van der Waals surface area contributed by atoms with E-state index in [9.17, 15) is 9.59 Å². The van der Waals surface area contributed by atoms with Crippen molar-refractivity contribution in [3.8, 4) is 11.4 Å². The van der Waals surface area contributed by atoms with E-state index < -0.39 is 0 Å². The van der Waals surface area contributed by atoms with Crippen molar-refractivity contribution >= 4 is 35.0 Å². The Morgan fingerprint density at radius 2 is 0.972 bits per heavy atom. The number of aromatic nitrogens is 2. The molecule has 0 aliphatic carbocycles. The summed E-state index contributed by atoms with van der Waals surface area (Å²) >= 11 is 12.2. The van der Waals surface area contributed by atoms with Crippen molar-refractivity contribution in [2.24, 2.45) is 0 Å². The molecule has 2 aromatic carbocycles. The summed E-state index contributed by atoms with van der Waals surface area (Å²) in [6, 6.07) is 28.5. The van der Waals surface area contributed by atoms with Crippen molar-refractivity contribution in [1.82, 2.24) is 20.6 Å². The van der Waals surface area contributed by atoms with E-state index in [1.165, 1.54) is 0 Å². The molecule has 0 radical (unpaired) electrons. The van der Waals surface area contributed by atoms with E-state index in [-0.39, 0.29) is 47.0 Å². The molecule has 2 N–H and O–H groups in total. The summed E-state index contributed by atoms with van der Waals surface area (Å²) in [6.07, 6.45) is 0. The largest absolute Gasteiger partial charge is 0.343 e. The molecule has 0 saturated heterocycles. The molecule has 4 aromatic rings. The molecule has 6 nitrogen and oxygen atoms in total. The lowest BCUT2D eigenvalue weighted by atomic mass is 10.1. The smallest absolute Gasteiger partial charge is 0.270 e. The zero-order valence-corrected chi connectivity index (χ0v) is 20.8. The highest BCUT2D eigenvalue weighted by Gasteiger charge is 2.18. The number of nitrogens with one attached hydrogen (secondary N) is 2. The Morgan fingerprint density at radius 1 is 0.583 bits per heavy atom. The topological polar surface area (TPSA) is 84.0 Å². The van der Waals surface area contributed by atoms with Gasteiger partial charge in [0.1, 0.15) is 11.4 Å². The van der Waals surface area contributed by atoms with Crippen LogP contribution in [0.15, 0.2) is 97.1 Å². The van der Waals surface area contributed by atoms with Gasteiger partial charge in [-0.3, -0.25) is 9.59 Å². The maximum absolute atomic E-state index is 12.9. The van der Waals surface area contributed by atoms with Crippen LogP contribution in [0, 0.1) is 0 Å². The second kappa shape index (κ2) is 12.3. The molecule has 2 aromatic heterocycles. The third kappa shape index (κ3) is 6.27. The van der Waals surface area contributed by atoms with Crippen LogP contribution in [-0.2, 0) is 0 Å². The Morgan fingerprint density at radius 3 is 1.33 bits per heavy atom. The monoisotopic (exact) mass is 518 g/mol. The van der Waals surface area contributed by atoms with Crippen molar-refractivity contribution in [3.63, 3.8) is 0 Å². The predicted molar refractivity (Wildman–Crippen MR) is 142 cm³/mol.